The third-order valence-corrected chi connectivity index (χ3v) is 4.66. The molecule has 0 saturated heterocycles. The molecular formula is C20H27NO3. The van der Waals surface area contributed by atoms with E-state index in [2.05, 4.69) is 24.4 Å². The largest absolute Gasteiger partial charge is 0.493 e. The van der Waals surface area contributed by atoms with Crippen LogP contribution in [0.15, 0.2) is 34.7 Å². The summed E-state index contributed by atoms with van der Waals surface area (Å²) in [7, 11) is 1.70. The second-order valence-corrected chi connectivity index (χ2v) is 6.55. The molecule has 1 aliphatic carbocycles. The number of rotatable bonds is 7. The zero-order valence-corrected chi connectivity index (χ0v) is 14.8. The Kier molecular flexibility index (Phi) is 5.46. The van der Waals surface area contributed by atoms with Crippen LogP contribution in [0.3, 0.4) is 0 Å². The van der Waals surface area contributed by atoms with Gasteiger partial charge in [-0.2, -0.15) is 0 Å². The maximum atomic E-state index is 6.10. The van der Waals surface area contributed by atoms with Crippen molar-refractivity contribution in [3.63, 3.8) is 0 Å². The summed E-state index contributed by atoms with van der Waals surface area (Å²) in [5.41, 5.74) is 1.17. The minimum absolute atomic E-state index is 0.199. The van der Waals surface area contributed by atoms with Crippen molar-refractivity contribution < 1.29 is 13.9 Å². The highest BCUT2D eigenvalue weighted by molar-refractivity contribution is 5.44. The van der Waals surface area contributed by atoms with Crippen LogP contribution in [0.5, 0.6) is 11.5 Å². The smallest absolute Gasteiger partial charge is 0.161 e. The first-order valence-corrected chi connectivity index (χ1v) is 8.79. The van der Waals surface area contributed by atoms with E-state index in [9.17, 15) is 0 Å². The normalized spacial score (nSPS) is 16.3. The molecule has 1 atom stereocenters. The van der Waals surface area contributed by atoms with Crippen LogP contribution in [0, 0.1) is 6.92 Å². The molecule has 3 rings (SSSR count). The second kappa shape index (κ2) is 7.75. The molecule has 0 radical (unpaired) electrons. The van der Waals surface area contributed by atoms with Crippen LogP contribution in [0.2, 0.25) is 0 Å². The van der Waals surface area contributed by atoms with Crippen LogP contribution >= 0.6 is 0 Å². The van der Waals surface area contributed by atoms with Gasteiger partial charge in [0, 0.05) is 6.04 Å². The van der Waals surface area contributed by atoms with Crippen molar-refractivity contribution >= 4 is 0 Å². The molecule has 1 heterocycles. The number of furan rings is 1. The standard InChI is InChI=1S/C20H27NO3/c1-14-8-10-18(23-14)13-21-15(2)16-9-11-19(20(12-16)22-3)24-17-6-4-5-7-17/h8-12,15,17,21H,4-7,13H2,1-3H3. The number of hydrogen-bond acceptors (Lipinski definition) is 4. The van der Waals surface area contributed by atoms with Gasteiger partial charge in [0.15, 0.2) is 11.5 Å². The Morgan fingerprint density at radius 2 is 1.96 bits per heavy atom. The fraction of sp³-hybridized carbons (Fsp3) is 0.500. The maximum Gasteiger partial charge on any atom is 0.161 e. The molecule has 1 aromatic heterocycles. The molecule has 1 saturated carbocycles. The van der Waals surface area contributed by atoms with Crippen molar-refractivity contribution in [2.75, 3.05) is 7.11 Å². The lowest BCUT2D eigenvalue weighted by molar-refractivity contribution is 0.200. The van der Waals surface area contributed by atoms with Crippen molar-refractivity contribution in [3.05, 3.63) is 47.4 Å². The molecule has 24 heavy (non-hydrogen) atoms. The molecule has 1 unspecified atom stereocenters. The minimum Gasteiger partial charge on any atom is -0.493 e. The summed E-state index contributed by atoms with van der Waals surface area (Å²) in [4.78, 5) is 0. The average molecular weight is 329 g/mol. The second-order valence-electron chi connectivity index (χ2n) is 6.55. The quantitative estimate of drug-likeness (QED) is 0.795. The molecule has 1 aliphatic rings. The summed E-state index contributed by atoms with van der Waals surface area (Å²) < 4.78 is 17.2. The number of methoxy groups -OCH3 is 1. The first-order valence-electron chi connectivity index (χ1n) is 8.79. The predicted molar refractivity (Wildman–Crippen MR) is 94.6 cm³/mol. The van der Waals surface area contributed by atoms with Gasteiger partial charge in [-0.3, -0.25) is 0 Å². The number of aryl methyl sites for hydroxylation is 1. The van der Waals surface area contributed by atoms with Crippen LogP contribution in [-0.4, -0.2) is 13.2 Å². The van der Waals surface area contributed by atoms with Crippen LogP contribution in [0.1, 0.15) is 55.7 Å². The lowest BCUT2D eigenvalue weighted by Crippen LogP contribution is -2.18. The summed E-state index contributed by atoms with van der Waals surface area (Å²) in [5.74, 6) is 3.55. The van der Waals surface area contributed by atoms with Gasteiger partial charge in [0.2, 0.25) is 0 Å². The fourth-order valence-electron chi connectivity index (χ4n) is 3.19. The van der Waals surface area contributed by atoms with Crippen LogP contribution in [-0.2, 0) is 6.54 Å². The Bertz CT molecular complexity index is 659. The molecule has 1 aromatic carbocycles. The van der Waals surface area contributed by atoms with Gasteiger partial charge < -0.3 is 19.2 Å². The summed E-state index contributed by atoms with van der Waals surface area (Å²) in [6.07, 6.45) is 5.15. The molecule has 0 amide bonds. The van der Waals surface area contributed by atoms with Crippen molar-refractivity contribution in [2.45, 2.75) is 58.2 Å². The van der Waals surface area contributed by atoms with Gasteiger partial charge in [-0.25, -0.2) is 0 Å². The van der Waals surface area contributed by atoms with Crippen molar-refractivity contribution in [1.82, 2.24) is 5.32 Å². The Morgan fingerprint density at radius 1 is 1.17 bits per heavy atom. The summed E-state index contributed by atoms with van der Waals surface area (Å²) >= 11 is 0. The average Bonchev–Trinajstić information content (AvgIpc) is 3.24. The van der Waals surface area contributed by atoms with Gasteiger partial charge in [-0.05, 0) is 69.4 Å². The minimum atomic E-state index is 0.199. The van der Waals surface area contributed by atoms with E-state index in [4.69, 9.17) is 13.9 Å². The van der Waals surface area contributed by atoms with E-state index in [1.807, 2.05) is 25.1 Å². The monoisotopic (exact) mass is 329 g/mol. The predicted octanol–water partition coefficient (Wildman–Crippen LogP) is 4.77. The van der Waals surface area contributed by atoms with E-state index in [1.165, 1.54) is 18.4 Å². The highest BCUT2D eigenvalue weighted by Crippen LogP contribution is 2.33. The Balaban J connectivity index is 1.64. The van der Waals surface area contributed by atoms with E-state index >= 15 is 0 Å². The van der Waals surface area contributed by atoms with Gasteiger partial charge in [-0.15, -0.1) is 0 Å². The van der Waals surface area contributed by atoms with E-state index in [0.29, 0.717) is 12.6 Å². The highest BCUT2D eigenvalue weighted by Gasteiger charge is 2.19. The third kappa shape index (κ3) is 4.12. The van der Waals surface area contributed by atoms with Crippen molar-refractivity contribution in [1.29, 1.82) is 0 Å². The summed E-state index contributed by atoms with van der Waals surface area (Å²) in [5, 5.41) is 3.48. The molecule has 1 fully saturated rings. The highest BCUT2D eigenvalue weighted by atomic mass is 16.5. The molecule has 2 aromatic rings. The molecule has 0 spiro atoms. The summed E-state index contributed by atoms with van der Waals surface area (Å²) in [6.45, 7) is 4.81. The Morgan fingerprint density at radius 3 is 2.62 bits per heavy atom. The van der Waals surface area contributed by atoms with Gasteiger partial charge in [0.1, 0.15) is 11.5 Å². The Hall–Kier alpha value is -1.94. The molecule has 0 aliphatic heterocycles. The lowest BCUT2D eigenvalue weighted by atomic mass is 10.1. The van der Waals surface area contributed by atoms with E-state index in [0.717, 1.165) is 35.9 Å². The van der Waals surface area contributed by atoms with Gasteiger partial charge in [-0.1, -0.05) is 6.07 Å². The zero-order chi connectivity index (χ0) is 16.9. The first kappa shape index (κ1) is 16.9. The van der Waals surface area contributed by atoms with E-state index in [1.54, 1.807) is 7.11 Å². The van der Waals surface area contributed by atoms with Crippen molar-refractivity contribution in [2.24, 2.45) is 0 Å². The van der Waals surface area contributed by atoms with E-state index < -0.39 is 0 Å². The maximum absolute atomic E-state index is 6.10. The lowest BCUT2D eigenvalue weighted by Gasteiger charge is -2.19. The van der Waals surface area contributed by atoms with Gasteiger partial charge in [0.25, 0.3) is 0 Å². The van der Waals surface area contributed by atoms with Gasteiger partial charge in [0.05, 0.1) is 19.8 Å². The zero-order valence-electron chi connectivity index (χ0n) is 14.8. The molecule has 4 nitrogen and oxygen atoms in total. The number of hydrogen-bond donors (Lipinski definition) is 1. The molecule has 130 valence electrons. The SMILES string of the molecule is COc1cc(C(C)NCc2ccc(C)o2)ccc1OC1CCCC1. The van der Waals surface area contributed by atoms with Crippen LogP contribution in [0.25, 0.3) is 0 Å². The summed E-state index contributed by atoms with van der Waals surface area (Å²) in [6, 6.07) is 10.4. The molecule has 0 bridgehead atoms. The third-order valence-electron chi connectivity index (χ3n) is 4.66. The van der Waals surface area contributed by atoms with Gasteiger partial charge >= 0.3 is 0 Å². The van der Waals surface area contributed by atoms with Crippen LogP contribution < -0.4 is 14.8 Å². The molecular weight excluding hydrogens is 302 g/mol. The Labute approximate surface area is 144 Å². The molecule has 4 heteroatoms. The number of benzene rings is 1. The van der Waals surface area contributed by atoms with E-state index in [-0.39, 0.29) is 6.04 Å². The fourth-order valence-corrected chi connectivity index (χ4v) is 3.19. The topological polar surface area (TPSA) is 43.6 Å². The number of ether oxygens (including phenoxy) is 2. The van der Waals surface area contributed by atoms with Crippen LogP contribution in [0.4, 0.5) is 0 Å². The first-order chi connectivity index (χ1) is 11.7. The molecule has 1 N–H and O–H groups in total. The number of nitrogens with one attached hydrogen (secondary N) is 1. The van der Waals surface area contributed by atoms with Crippen molar-refractivity contribution in [3.8, 4) is 11.5 Å².